The van der Waals surface area contributed by atoms with Crippen LogP contribution in [0, 0.1) is 11.3 Å². The summed E-state index contributed by atoms with van der Waals surface area (Å²) < 4.78 is 0. The molecule has 5 rings (SSSR count). The highest BCUT2D eigenvalue weighted by atomic mass is 16.1. The van der Waals surface area contributed by atoms with Crippen LogP contribution in [0.4, 0.5) is 0 Å². The van der Waals surface area contributed by atoms with E-state index in [2.05, 4.69) is 30.0 Å². The third-order valence-corrected chi connectivity index (χ3v) is 5.88. The average molecular weight is 269 g/mol. The third kappa shape index (κ3) is 1.64. The van der Waals surface area contributed by atoms with Gasteiger partial charge in [-0.25, -0.2) is 0 Å². The number of hydrogen-bond acceptors (Lipinski definition) is 2. The van der Waals surface area contributed by atoms with E-state index in [0.29, 0.717) is 11.7 Å². The maximum Gasteiger partial charge on any atom is 0.169 e. The van der Waals surface area contributed by atoms with Gasteiger partial charge < -0.3 is 4.90 Å². The zero-order chi connectivity index (χ0) is 13.7. The first-order valence-electron chi connectivity index (χ1n) is 8.12. The summed E-state index contributed by atoms with van der Waals surface area (Å²) >= 11 is 0. The Balaban J connectivity index is 1.77. The van der Waals surface area contributed by atoms with Gasteiger partial charge in [-0.05, 0) is 61.9 Å². The molecule has 0 radical (unpaired) electrons. The highest BCUT2D eigenvalue weighted by molar-refractivity contribution is 6.03. The lowest BCUT2D eigenvalue weighted by Gasteiger charge is -2.55. The summed E-state index contributed by atoms with van der Waals surface area (Å²) in [6.45, 7) is 5.60. The summed E-state index contributed by atoms with van der Waals surface area (Å²) in [4.78, 5) is 15.7. The molecule has 2 nitrogen and oxygen atoms in total. The standard InChI is InChI=1S/C18H23NO/c1-2-3-13-4-5-14-11-15-12-19-8-6-18(15,7-9-19)17(20)16(14)10-13/h4-5,10,15H,2-3,6-9,11-12H2,1H3. The predicted octanol–water partition coefficient (Wildman–Crippen LogP) is 3.09. The smallest absolute Gasteiger partial charge is 0.169 e. The van der Waals surface area contributed by atoms with E-state index in [-0.39, 0.29) is 5.41 Å². The SMILES string of the molecule is CCCc1ccc2c(c1)C(=O)C13CCN(CC1)CC3C2. The number of carbonyl (C=O) groups excluding carboxylic acids is 1. The Morgan fingerprint density at radius 2 is 2.10 bits per heavy atom. The van der Waals surface area contributed by atoms with Crippen LogP contribution >= 0.6 is 0 Å². The Labute approximate surface area is 121 Å². The number of ketones is 1. The van der Waals surface area contributed by atoms with Crippen LogP contribution in [0.15, 0.2) is 18.2 Å². The number of benzene rings is 1. The van der Waals surface area contributed by atoms with E-state index in [1.807, 2.05) is 0 Å². The van der Waals surface area contributed by atoms with Gasteiger partial charge in [0.25, 0.3) is 0 Å². The Morgan fingerprint density at radius 3 is 2.85 bits per heavy atom. The van der Waals surface area contributed by atoms with Crippen LogP contribution in [0.25, 0.3) is 0 Å². The number of carbonyl (C=O) groups is 1. The predicted molar refractivity (Wildman–Crippen MR) is 80.1 cm³/mol. The number of aryl methyl sites for hydroxylation is 1. The molecule has 2 heteroatoms. The summed E-state index contributed by atoms with van der Waals surface area (Å²) in [5.41, 5.74) is 3.69. The fraction of sp³-hybridized carbons (Fsp3) is 0.611. The van der Waals surface area contributed by atoms with E-state index < -0.39 is 0 Å². The van der Waals surface area contributed by atoms with Gasteiger partial charge in [0.2, 0.25) is 0 Å². The molecule has 0 aromatic heterocycles. The molecule has 1 aromatic carbocycles. The number of hydrogen-bond donors (Lipinski definition) is 0. The first-order chi connectivity index (χ1) is 9.73. The van der Waals surface area contributed by atoms with E-state index in [1.54, 1.807) is 0 Å². The molecule has 1 aliphatic carbocycles. The molecule has 3 heterocycles. The monoisotopic (exact) mass is 269 g/mol. The molecule has 1 aromatic rings. The van der Waals surface area contributed by atoms with Gasteiger partial charge in [0, 0.05) is 17.5 Å². The van der Waals surface area contributed by atoms with Gasteiger partial charge >= 0.3 is 0 Å². The summed E-state index contributed by atoms with van der Waals surface area (Å²) in [5.74, 6) is 1.04. The lowest BCUT2D eigenvalue weighted by atomic mass is 9.56. The molecule has 0 amide bonds. The van der Waals surface area contributed by atoms with Gasteiger partial charge in [-0.3, -0.25) is 4.79 Å². The lowest BCUT2D eigenvalue weighted by Crippen LogP contribution is -2.60. The quantitative estimate of drug-likeness (QED) is 0.822. The number of fused-ring (bicyclic) bond motifs is 3. The molecule has 0 N–H and O–H groups in total. The van der Waals surface area contributed by atoms with Gasteiger partial charge in [-0.2, -0.15) is 0 Å². The van der Waals surface area contributed by atoms with Crippen molar-refractivity contribution in [3.63, 3.8) is 0 Å². The highest BCUT2D eigenvalue weighted by Gasteiger charge is 2.54. The van der Waals surface area contributed by atoms with Crippen molar-refractivity contribution in [2.45, 2.75) is 39.0 Å². The van der Waals surface area contributed by atoms with Crippen molar-refractivity contribution in [1.29, 1.82) is 0 Å². The minimum Gasteiger partial charge on any atom is -0.303 e. The second-order valence-electron chi connectivity index (χ2n) is 6.93. The number of rotatable bonds is 2. The fourth-order valence-electron chi connectivity index (χ4n) is 4.69. The van der Waals surface area contributed by atoms with E-state index in [4.69, 9.17) is 0 Å². The van der Waals surface area contributed by atoms with Crippen molar-refractivity contribution >= 4 is 5.78 Å². The minimum atomic E-state index is -0.00735. The van der Waals surface area contributed by atoms with Crippen LogP contribution in [0.3, 0.4) is 0 Å². The van der Waals surface area contributed by atoms with E-state index >= 15 is 0 Å². The van der Waals surface area contributed by atoms with Crippen molar-refractivity contribution in [1.82, 2.24) is 4.90 Å². The van der Waals surface area contributed by atoms with Gasteiger partial charge in [-0.1, -0.05) is 25.5 Å². The molecule has 2 bridgehead atoms. The Kier molecular flexibility index (Phi) is 2.78. The van der Waals surface area contributed by atoms with Crippen LogP contribution in [0.5, 0.6) is 0 Å². The molecule has 0 saturated carbocycles. The molecule has 3 aliphatic heterocycles. The molecular weight excluding hydrogens is 246 g/mol. The summed E-state index contributed by atoms with van der Waals surface area (Å²) in [6.07, 6.45) is 5.53. The Bertz CT molecular complexity index is 555. The maximum atomic E-state index is 13.2. The van der Waals surface area contributed by atoms with Gasteiger partial charge in [-0.15, -0.1) is 0 Å². The van der Waals surface area contributed by atoms with Gasteiger partial charge in [0.1, 0.15) is 0 Å². The van der Waals surface area contributed by atoms with Crippen LogP contribution in [-0.4, -0.2) is 30.3 Å². The highest BCUT2D eigenvalue weighted by Crippen LogP contribution is 2.51. The molecule has 3 saturated heterocycles. The van der Waals surface area contributed by atoms with Crippen molar-refractivity contribution in [3.05, 3.63) is 34.9 Å². The normalized spacial score (nSPS) is 34.8. The topological polar surface area (TPSA) is 20.3 Å². The molecule has 20 heavy (non-hydrogen) atoms. The van der Waals surface area contributed by atoms with E-state index in [0.717, 1.165) is 57.3 Å². The van der Waals surface area contributed by atoms with Crippen LogP contribution < -0.4 is 0 Å². The van der Waals surface area contributed by atoms with Gasteiger partial charge in [0.15, 0.2) is 5.78 Å². The Morgan fingerprint density at radius 1 is 1.30 bits per heavy atom. The number of nitrogens with zero attached hydrogens (tertiary/aromatic N) is 1. The summed E-state index contributed by atoms with van der Waals surface area (Å²) in [6, 6.07) is 6.66. The second kappa shape index (κ2) is 4.42. The zero-order valence-electron chi connectivity index (χ0n) is 12.3. The van der Waals surface area contributed by atoms with Crippen LogP contribution in [0.1, 0.15) is 47.7 Å². The largest absolute Gasteiger partial charge is 0.303 e. The second-order valence-corrected chi connectivity index (χ2v) is 6.93. The van der Waals surface area contributed by atoms with Crippen molar-refractivity contribution in [3.8, 4) is 0 Å². The first kappa shape index (κ1) is 12.6. The zero-order valence-corrected chi connectivity index (χ0v) is 12.3. The maximum absolute atomic E-state index is 13.2. The third-order valence-electron chi connectivity index (χ3n) is 5.88. The molecule has 1 spiro atoms. The van der Waals surface area contributed by atoms with Crippen LogP contribution in [-0.2, 0) is 12.8 Å². The van der Waals surface area contributed by atoms with Crippen molar-refractivity contribution < 1.29 is 4.79 Å². The van der Waals surface area contributed by atoms with Gasteiger partial charge in [0.05, 0.1) is 0 Å². The van der Waals surface area contributed by atoms with Crippen LogP contribution in [0.2, 0.25) is 0 Å². The molecule has 1 unspecified atom stereocenters. The fourth-order valence-corrected chi connectivity index (χ4v) is 4.69. The number of piperidine rings is 3. The minimum absolute atomic E-state index is 0.00735. The molecule has 4 aliphatic rings. The molecule has 1 atom stereocenters. The first-order valence-corrected chi connectivity index (χ1v) is 8.12. The van der Waals surface area contributed by atoms with E-state index in [9.17, 15) is 4.79 Å². The van der Waals surface area contributed by atoms with Crippen molar-refractivity contribution in [2.75, 3.05) is 19.6 Å². The van der Waals surface area contributed by atoms with E-state index in [1.165, 1.54) is 11.1 Å². The summed E-state index contributed by atoms with van der Waals surface area (Å²) in [5, 5.41) is 0. The molecular formula is C18H23NO. The van der Waals surface area contributed by atoms with Crippen molar-refractivity contribution in [2.24, 2.45) is 11.3 Å². The lowest BCUT2D eigenvalue weighted by molar-refractivity contribution is -0.0218. The molecule has 106 valence electrons. The number of Topliss-reactive ketones (excluding diaryl/α,β-unsaturated/α-hetero) is 1. The summed E-state index contributed by atoms with van der Waals surface area (Å²) in [7, 11) is 0. The molecule has 3 fully saturated rings. The average Bonchev–Trinajstić information content (AvgIpc) is 2.49. The Hall–Kier alpha value is -1.15.